The van der Waals surface area contributed by atoms with Gasteiger partial charge in [-0.15, -0.1) is 0 Å². The maximum Gasteiger partial charge on any atom is 0.403 e. The fourth-order valence-corrected chi connectivity index (χ4v) is 3.53. The molecule has 0 heterocycles. The molecule has 4 nitrogen and oxygen atoms in total. The number of carbonyl (C=O) groups is 1. The van der Waals surface area contributed by atoms with E-state index in [4.69, 9.17) is 5.73 Å². The second kappa shape index (κ2) is 6.50. The van der Waals surface area contributed by atoms with Gasteiger partial charge in [0.2, 0.25) is 5.91 Å². The number of phenolic OH excluding ortho intramolecular Hbond substituents is 2. The highest BCUT2D eigenvalue weighted by Crippen LogP contribution is 2.56. The Hall–Kier alpha value is -3.22. The van der Waals surface area contributed by atoms with Crippen molar-refractivity contribution in [2.24, 2.45) is 11.7 Å². The van der Waals surface area contributed by atoms with Crippen molar-refractivity contribution in [2.75, 3.05) is 0 Å². The summed E-state index contributed by atoms with van der Waals surface area (Å²) in [5.41, 5.74) is 2.42. The molecule has 1 amide bonds. The number of rotatable bonds is 3. The van der Waals surface area contributed by atoms with Crippen molar-refractivity contribution in [1.82, 2.24) is 0 Å². The van der Waals surface area contributed by atoms with Gasteiger partial charge in [0.05, 0.1) is 5.92 Å². The van der Waals surface area contributed by atoms with Crippen LogP contribution >= 0.6 is 0 Å². The first-order chi connectivity index (χ1) is 12.7. The van der Waals surface area contributed by atoms with Crippen LogP contribution in [0.15, 0.2) is 66.8 Å². The number of nitrogens with two attached hydrogens (primary N) is 1. The number of primary amides is 1. The fraction of sp³-hybridized carbons (Fsp3) is 0.150. The molecular weight excluding hydrogens is 359 g/mol. The molecule has 1 aliphatic rings. The maximum absolute atomic E-state index is 14.6. The molecular formula is C20H16F3NO3. The Balaban J connectivity index is 2.36. The van der Waals surface area contributed by atoms with Crippen molar-refractivity contribution in [3.05, 3.63) is 77.9 Å². The molecule has 3 rings (SSSR count). The number of amides is 1. The summed E-state index contributed by atoms with van der Waals surface area (Å²) >= 11 is 0. The zero-order valence-electron chi connectivity index (χ0n) is 13.9. The molecule has 2 aromatic rings. The van der Waals surface area contributed by atoms with E-state index in [1.807, 2.05) is 0 Å². The van der Waals surface area contributed by atoms with Gasteiger partial charge in [-0.1, -0.05) is 42.5 Å². The van der Waals surface area contributed by atoms with Crippen LogP contribution in [-0.4, -0.2) is 22.3 Å². The van der Waals surface area contributed by atoms with Crippen LogP contribution in [0, 0.1) is 5.92 Å². The molecule has 0 saturated carbocycles. The highest BCUT2D eigenvalue weighted by molar-refractivity contribution is 5.90. The molecule has 2 unspecified atom stereocenters. The van der Waals surface area contributed by atoms with Crippen molar-refractivity contribution in [1.29, 1.82) is 0 Å². The first-order valence-corrected chi connectivity index (χ1v) is 8.02. The molecule has 0 saturated heterocycles. The van der Waals surface area contributed by atoms with E-state index in [0.717, 1.165) is 30.3 Å². The molecule has 0 aromatic heterocycles. The number of hydrogen-bond donors (Lipinski definition) is 3. The highest BCUT2D eigenvalue weighted by atomic mass is 19.4. The lowest BCUT2D eigenvalue weighted by Gasteiger charge is -2.43. The van der Waals surface area contributed by atoms with Crippen LogP contribution < -0.4 is 5.73 Å². The molecule has 2 atom stereocenters. The Kier molecular flexibility index (Phi) is 4.47. The third-order valence-electron chi connectivity index (χ3n) is 4.71. The van der Waals surface area contributed by atoms with Crippen molar-refractivity contribution < 1.29 is 28.2 Å². The quantitative estimate of drug-likeness (QED) is 0.766. The van der Waals surface area contributed by atoms with E-state index in [2.05, 4.69) is 0 Å². The zero-order chi connectivity index (χ0) is 19.8. The van der Waals surface area contributed by atoms with Gasteiger partial charge >= 0.3 is 6.18 Å². The minimum Gasteiger partial charge on any atom is -0.508 e. The Morgan fingerprint density at radius 3 is 1.96 bits per heavy atom. The molecule has 7 heteroatoms. The monoisotopic (exact) mass is 375 g/mol. The van der Waals surface area contributed by atoms with Gasteiger partial charge < -0.3 is 15.9 Å². The van der Waals surface area contributed by atoms with Gasteiger partial charge in [-0.25, -0.2) is 0 Å². The first-order valence-electron chi connectivity index (χ1n) is 8.02. The molecule has 0 spiro atoms. The Labute approximate surface area is 153 Å². The second-order valence-corrected chi connectivity index (χ2v) is 6.24. The van der Waals surface area contributed by atoms with Crippen molar-refractivity contribution >= 4 is 11.5 Å². The average molecular weight is 375 g/mol. The smallest absolute Gasteiger partial charge is 0.403 e. The molecule has 1 aliphatic carbocycles. The minimum atomic E-state index is -4.88. The van der Waals surface area contributed by atoms with E-state index in [9.17, 15) is 28.2 Å². The lowest BCUT2D eigenvalue weighted by Crippen LogP contribution is -2.53. The number of carbonyl (C=O) groups excluding carboxylic acids is 1. The van der Waals surface area contributed by atoms with E-state index >= 15 is 0 Å². The van der Waals surface area contributed by atoms with Gasteiger partial charge in [0.1, 0.15) is 16.9 Å². The van der Waals surface area contributed by atoms with Crippen LogP contribution in [0.4, 0.5) is 13.2 Å². The lowest BCUT2D eigenvalue weighted by atomic mass is 9.61. The van der Waals surface area contributed by atoms with Crippen LogP contribution in [0.5, 0.6) is 11.5 Å². The summed E-state index contributed by atoms with van der Waals surface area (Å²) in [5, 5.41) is 19.0. The standard InChI is InChI=1S/C20H16F3NO3/c21-20(22,23)19(13-6-10-15(26)11-7-13)16(2-1-3-17(19)18(24)27)12-4-8-14(25)9-5-12/h1-11,17,25-26H,(H2,24,27). The molecule has 27 heavy (non-hydrogen) atoms. The summed E-state index contributed by atoms with van der Waals surface area (Å²) in [6.07, 6.45) is -1.10. The Morgan fingerprint density at radius 1 is 0.963 bits per heavy atom. The number of allylic oxidation sites excluding steroid dienone is 3. The van der Waals surface area contributed by atoms with E-state index in [1.165, 1.54) is 36.4 Å². The predicted molar refractivity (Wildman–Crippen MR) is 93.7 cm³/mol. The number of hydrogen-bond acceptors (Lipinski definition) is 3. The molecule has 0 radical (unpaired) electrons. The van der Waals surface area contributed by atoms with Crippen molar-refractivity contribution in [2.45, 2.75) is 11.6 Å². The molecule has 0 aliphatic heterocycles. The van der Waals surface area contributed by atoms with E-state index in [1.54, 1.807) is 0 Å². The van der Waals surface area contributed by atoms with Crippen LogP contribution in [0.2, 0.25) is 0 Å². The number of aromatic hydroxyl groups is 2. The summed E-state index contributed by atoms with van der Waals surface area (Å²) in [5.74, 6) is -3.11. The van der Waals surface area contributed by atoms with E-state index < -0.39 is 23.4 Å². The number of benzene rings is 2. The largest absolute Gasteiger partial charge is 0.508 e. The van der Waals surface area contributed by atoms with E-state index in [0.29, 0.717) is 0 Å². The van der Waals surface area contributed by atoms with Gasteiger partial charge in [-0.05, 0) is 41.0 Å². The molecule has 0 bridgehead atoms. The summed E-state index contributed by atoms with van der Waals surface area (Å²) in [7, 11) is 0. The summed E-state index contributed by atoms with van der Waals surface area (Å²) in [4.78, 5) is 12.0. The van der Waals surface area contributed by atoms with Gasteiger partial charge in [-0.3, -0.25) is 4.79 Å². The fourth-order valence-electron chi connectivity index (χ4n) is 3.53. The van der Waals surface area contributed by atoms with Gasteiger partial charge in [0.15, 0.2) is 0 Å². The third kappa shape index (κ3) is 2.95. The highest BCUT2D eigenvalue weighted by Gasteiger charge is 2.64. The molecule has 2 aromatic carbocycles. The maximum atomic E-state index is 14.6. The van der Waals surface area contributed by atoms with E-state index in [-0.39, 0.29) is 28.2 Å². The topological polar surface area (TPSA) is 83.6 Å². The van der Waals surface area contributed by atoms with Crippen LogP contribution in [0.25, 0.3) is 5.57 Å². The molecule has 0 fully saturated rings. The minimum absolute atomic E-state index is 0.0978. The molecule has 140 valence electrons. The van der Waals surface area contributed by atoms with Crippen LogP contribution in [0.3, 0.4) is 0 Å². The van der Waals surface area contributed by atoms with Crippen LogP contribution in [0.1, 0.15) is 11.1 Å². The first kappa shape index (κ1) is 18.6. The summed E-state index contributed by atoms with van der Waals surface area (Å²) < 4.78 is 43.8. The van der Waals surface area contributed by atoms with Gasteiger partial charge in [-0.2, -0.15) is 13.2 Å². The number of phenols is 2. The predicted octanol–water partition coefficient (Wildman–Crippen LogP) is 3.65. The Bertz CT molecular complexity index is 915. The Morgan fingerprint density at radius 2 is 1.48 bits per heavy atom. The third-order valence-corrected chi connectivity index (χ3v) is 4.71. The zero-order valence-corrected chi connectivity index (χ0v) is 13.9. The van der Waals surface area contributed by atoms with Crippen molar-refractivity contribution in [3.8, 4) is 11.5 Å². The summed E-state index contributed by atoms with van der Waals surface area (Å²) in [6, 6.07) is 9.76. The normalized spacial score (nSPS) is 22.3. The lowest BCUT2D eigenvalue weighted by molar-refractivity contribution is -0.185. The average Bonchev–Trinajstić information content (AvgIpc) is 2.61. The van der Waals surface area contributed by atoms with Gasteiger partial charge in [0.25, 0.3) is 0 Å². The SMILES string of the molecule is NC(=O)C1C=CC=C(c2ccc(O)cc2)C1(c1ccc(O)cc1)C(F)(F)F. The van der Waals surface area contributed by atoms with Crippen molar-refractivity contribution in [3.63, 3.8) is 0 Å². The van der Waals surface area contributed by atoms with Crippen LogP contribution in [-0.2, 0) is 10.2 Å². The number of halogens is 3. The number of alkyl halides is 3. The second-order valence-electron chi connectivity index (χ2n) is 6.24. The molecule has 4 N–H and O–H groups in total. The summed E-state index contributed by atoms with van der Waals surface area (Å²) in [6.45, 7) is 0. The van der Waals surface area contributed by atoms with Gasteiger partial charge in [0, 0.05) is 0 Å².